The van der Waals surface area contributed by atoms with E-state index in [4.69, 9.17) is 4.74 Å². The lowest BCUT2D eigenvalue weighted by Crippen LogP contribution is -2.51. The van der Waals surface area contributed by atoms with Crippen LogP contribution >= 0.6 is 0 Å². The molecule has 0 unspecified atom stereocenters. The maximum Gasteiger partial charge on any atom is 0.407 e. The van der Waals surface area contributed by atoms with Gasteiger partial charge in [0.05, 0.1) is 0 Å². The number of fused-ring (bicyclic) bond motifs is 4. The van der Waals surface area contributed by atoms with Crippen molar-refractivity contribution in [2.24, 2.45) is 5.92 Å². The lowest BCUT2D eigenvalue weighted by molar-refractivity contribution is -0.130. The Kier molecular flexibility index (Phi) is 6.89. The molecule has 4 rings (SSSR count). The molecule has 2 bridgehead atoms. The summed E-state index contributed by atoms with van der Waals surface area (Å²) in [7, 11) is 0. The zero-order chi connectivity index (χ0) is 21.2. The minimum atomic E-state index is -0.476. The fourth-order valence-electron chi connectivity index (χ4n) is 4.82. The molecule has 0 spiro atoms. The van der Waals surface area contributed by atoms with Crippen molar-refractivity contribution in [1.82, 2.24) is 20.0 Å². The van der Waals surface area contributed by atoms with Gasteiger partial charge >= 0.3 is 6.09 Å². The van der Waals surface area contributed by atoms with Crippen LogP contribution in [-0.2, 0) is 9.53 Å². The number of carbonyl (C=O) groups excluding carboxylic acids is 2. The first-order valence-corrected chi connectivity index (χ1v) is 11.0. The summed E-state index contributed by atoms with van der Waals surface area (Å²) in [5.41, 5.74) is 0.852. The summed E-state index contributed by atoms with van der Waals surface area (Å²) < 4.78 is 5.46. The summed E-state index contributed by atoms with van der Waals surface area (Å²) in [6.07, 6.45) is 2.61. The molecule has 0 aromatic rings. The van der Waals surface area contributed by atoms with E-state index in [0.717, 1.165) is 65.1 Å². The highest BCUT2D eigenvalue weighted by molar-refractivity contribution is 5.73. The summed E-state index contributed by atoms with van der Waals surface area (Å²) in [5.74, 6) is 0.611. The maximum atomic E-state index is 12.2. The molecule has 1 N–H and O–H groups in total. The van der Waals surface area contributed by atoms with Gasteiger partial charge in [-0.05, 0) is 46.0 Å². The van der Waals surface area contributed by atoms with Gasteiger partial charge in [-0.25, -0.2) is 4.79 Å². The van der Waals surface area contributed by atoms with Gasteiger partial charge in [0, 0.05) is 64.8 Å². The van der Waals surface area contributed by atoms with Gasteiger partial charge in [0.1, 0.15) is 5.60 Å². The van der Waals surface area contributed by atoms with Gasteiger partial charge in [-0.3, -0.25) is 14.6 Å². The summed E-state index contributed by atoms with van der Waals surface area (Å²) in [6, 6.07) is 0.572. The first kappa shape index (κ1) is 22.1. The van der Waals surface area contributed by atoms with E-state index in [1.54, 1.807) is 6.92 Å². The summed E-state index contributed by atoms with van der Waals surface area (Å²) >= 11 is 0. The molecule has 1 saturated carbocycles. The quantitative estimate of drug-likeness (QED) is 0.724. The van der Waals surface area contributed by atoms with E-state index < -0.39 is 5.60 Å². The topological polar surface area (TPSA) is 65.1 Å². The molecule has 3 heterocycles. The molecule has 3 aliphatic heterocycles. The monoisotopic (exact) mass is 406 g/mol. The lowest BCUT2D eigenvalue weighted by atomic mass is 9.90. The Hall–Kier alpha value is -1.60. The largest absolute Gasteiger partial charge is 0.444 e. The second-order valence-corrected chi connectivity index (χ2v) is 9.87. The fourth-order valence-corrected chi connectivity index (χ4v) is 4.82. The zero-order valence-electron chi connectivity index (χ0n) is 18.6. The molecule has 164 valence electrons. The molecule has 1 aliphatic carbocycles. The van der Waals surface area contributed by atoms with E-state index in [0.29, 0.717) is 12.0 Å². The molecular formula is C22H38N4O3. The molecule has 3 saturated heterocycles. The van der Waals surface area contributed by atoms with Crippen LogP contribution < -0.4 is 5.32 Å². The molecular weight excluding hydrogens is 368 g/mol. The highest BCUT2D eigenvalue weighted by Crippen LogP contribution is 2.36. The van der Waals surface area contributed by atoms with Crippen LogP contribution in [0.5, 0.6) is 0 Å². The van der Waals surface area contributed by atoms with E-state index in [2.05, 4.69) is 21.7 Å². The number of carbonyl (C=O) groups is 2. The maximum absolute atomic E-state index is 12.2. The Morgan fingerprint density at radius 1 is 1.14 bits per heavy atom. The van der Waals surface area contributed by atoms with Gasteiger partial charge in [-0.2, -0.15) is 0 Å². The van der Waals surface area contributed by atoms with Crippen LogP contribution in [0.1, 0.15) is 47.0 Å². The smallest absolute Gasteiger partial charge is 0.407 e. The van der Waals surface area contributed by atoms with Crippen molar-refractivity contribution in [3.63, 3.8) is 0 Å². The van der Waals surface area contributed by atoms with Crippen LogP contribution in [-0.4, -0.2) is 90.2 Å². The van der Waals surface area contributed by atoms with Crippen LogP contribution in [0.25, 0.3) is 0 Å². The van der Waals surface area contributed by atoms with Crippen molar-refractivity contribution in [2.75, 3.05) is 45.8 Å². The van der Waals surface area contributed by atoms with Gasteiger partial charge < -0.3 is 15.0 Å². The van der Waals surface area contributed by atoms with Gasteiger partial charge in [0.15, 0.2) is 0 Å². The van der Waals surface area contributed by atoms with Crippen molar-refractivity contribution >= 4 is 12.0 Å². The van der Waals surface area contributed by atoms with Crippen molar-refractivity contribution in [3.05, 3.63) is 12.2 Å². The molecule has 0 radical (unpaired) electrons. The fraction of sp³-hybridized carbons (Fsp3) is 0.818. The van der Waals surface area contributed by atoms with E-state index in [9.17, 15) is 9.59 Å². The molecule has 0 aromatic carbocycles. The Balaban J connectivity index is 1.51. The number of hydrogen-bond acceptors (Lipinski definition) is 5. The number of piperazine rings is 1. The van der Waals surface area contributed by atoms with Crippen molar-refractivity contribution < 1.29 is 14.3 Å². The Labute approximate surface area is 175 Å². The highest BCUT2D eigenvalue weighted by Gasteiger charge is 2.38. The third kappa shape index (κ3) is 6.19. The normalized spacial score (nSPS) is 28.9. The second kappa shape index (κ2) is 9.04. The molecule has 3 atom stereocenters. The number of piperidine rings is 1. The number of rotatable bonds is 4. The molecule has 0 aromatic heterocycles. The zero-order valence-corrected chi connectivity index (χ0v) is 18.6. The van der Waals surface area contributed by atoms with Crippen LogP contribution in [0.3, 0.4) is 0 Å². The number of hydrogen-bond donors (Lipinski definition) is 1. The third-order valence-corrected chi connectivity index (χ3v) is 6.41. The third-order valence-electron chi connectivity index (χ3n) is 6.41. The molecule has 7 heteroatoms. The number of nitrogens with one attached hydrogen (secondary N) is 1. The van der Waals surface area contributed by atoms with Crippen molar-refractivity contribution in [2.45, 2.75) is 64.6 Å². The summed E-state index contributed by atoms with van der Waals surface area (Å²) in [4.78, 5) is 30.7. The van der Waals surface area contributed by atoms with Crippen LogP contribution in [0.15, 0.2) is 12.2 Å². The van der Waals surface area contributed by atoms with Crippen molar-refractivity contribution in [1.29, 1.82) is 0 Å². The Bertz CT molecular complexity index is 622. The van der Waals surface area contributed by atoms with E-state index in [1.807, 2.05) is 25.7 Å². The number of nitrogens with zero attached hydrogens (tertiary/aromatic N) is 3. The second-order valence-electron chi connectivity index (χ2n) is 9.87. The van der Waals surface area contributed by atoms with Gasteiger partial charge in [-0.15, -0.1) is 0 Å². The Morgan fingerprint density at radius 2 is 1.83 bits per heavy atom. The average Bonchev–Trinajstić information content (AvgIpc) is 2.86. The number of alkyl carbamates (subject to hydrolysis) is 1. The predicted molar refractivity (Wildman–Crippen MR) is 114 cm³/mol. The van der Waals surface area contributed by atoms with E-state index in [-0.39, 0.29) is 18.0 Å². The van der Waals surface area contributed by atoms with Crippen molar-refractivity contribution in [3.8, 4) is 0 Å². The van der Waals surface area contributed by atoms with Crippen LogP contribution in [0.4, 0.5) is 4.79 Å². The summed E-state index contributed by atoms with van der Waals surface area (Å²) in [6.45, 7) is 18.3. The van der Waals surface area contributed by atoms with Gasteiger partial charge in [0.2, 0.25) is 5.91 Å². The van der Waals surface area contributed by atoms with E-state index in [1.165, 1.54) is 5.57 Å². The standard InChI is InChI=1S/C22H38N4O3/c1-16-12-20-14-19(23-21(28)29-22(3,4)5)13-18(16)15-26(20)11-8-24-6-9-25(10-7-24)17(2)27/h18-20H,1,6-15H2,2-5H3,(H,23,28)/t18-,19+,20-/m1/s1. The minimum Gasteiger partial charge on any atom is -0.444 e. The van der Waals surface area contributed by atoms with E-state index >= 15 is 0 Å². The molecule has 4 fully saturated rings. The Morgan fingerprint density at radius 3 is 2.45 bits per heavy atom. The molecule has 4 aliphatic rings. The van der Waals surface area contributed by atoms with Gasteiger partial charge in [0.25, 0.3) is 0 Å². The lowest BCUT2D eigenvalue weighted by Gasteiger charge is -2.40. The average molecular weight is 407 g/mol. The highest BCUT2D eigenvalue weighted by atomic mass is 16.6. The molecule has 2 amide bonds. The first-order valence-electron chi connectivity index (χ1n) is 11.0. The molecule has 29 heavy (non-hydrogen) atoms. The van der Waals surface area contributed by atoms with Crippen LogP contribution in [0, 0.1) is 5.92 Å². The predicted octanol–water partition coefficient (Wildman–Crippen LogP) is 2.08. The molecule has 7 nitrogen and oxygen atoms in total. The number of ether oxygens (including phenoxy) is 1. The summed E-state index contributed by atoms with van der Waals surface area (Å²) in [5, 5.41) is 3.10. The van der Waals surface area contributed by atoms with Gasteiger partial charge in [-0.1, -0.05) is 12.2 Å². The number of amides is 2. The first-order chi connectivity index (χ1) is 13.6. The van der Waals surface area contributed by atoms with Crippen LogP contribution in [0.2, 0.25) is 0 Å². The minimum absolute atomic E-state index is 0.142. The SMILES string of the molecule is C=C1C[C@@H]2C[C@@H](NC(=O)OC(C)(C)C)C[C@@H]1CN2CCN1CCN(C(C)=O)CC1.